The van der Waals surface area contributed by atoms with Crippen LogP contribution in [-0.2, 0) is 6.54 Å². The maximum Gasteiger partial charge on any atom is 0.252 e. The Hall–Kier alpha value is -2.05. The van der Waals surface area contributed by atoms with E-state index >= 15 is 0 Å². The zero-order valence-corrected chi connectivity index (χ0v) is 19.5. The number of aromatic nitrogens is 2. The highest BCUT2D eigenvalue weighted by Crippen LogP contribution is 2.34. The van der Waals surface area contributed by atoms with E-state index in [9.17, 15) is 4.79 Å². The normalized spacial score (nSPS) is 19.2. The Morgan fingerprint density at radius 3 is 2.43 bits per heavy atom. The second kappa shape index (κ2) is 9.84. The average molecular weight is 432 g/mol. The molecule has 0 radical (unpaired) electrons. The molecule has 2 aromatic rings. The highest BCUT2D eigenvalue weighted by Gasteiger charge is 2.28. The molecule has 0 bridgehead atoms. The molecule has 30 heavy (non-hydrogen) atoms. The Balaban J connectivity index is 1.77. The van der Waals surface area contributed by atoms with Crippen LogP contribution in [0.25, 0.3) is 0 Å². The number of aryl methyl sites for hydroxylation is 1. The second-order valence-corrected chi connectivity index (χ2v) is 8.94. The molecule has 2 N–H and O–H groups in total. The number of H-pyrrole nitrogens is 1. The van der Waals surface area contributed by atoms with Crippen molar-refractivity contribution in [1.29, 1.82) is 0 Å². The Bertz CT molecular complexity index is 870. The number of imidazole rings is 1. The van der Waals surface area contributed by atoms with Gasteiger partial charge in [-0.3, -0.25) is 4.79 Å². The molecule has 1 amide bonds. The van der Waals surface area contributed by atoms with E-state index in [2.05, 4.69) is 46.1 Å². The van der Waals surface area contributed by atoms with Crippen molar-refractivity contribution in [2.45, 2.75) is 65.1 Å². The third-order valence-corrected chi connectivity index (χ3v) is 6.47. The standard InChI is InChI=1S/C23H34ClN5O/c1-6-29(19-9-7-18(8-10-19)28(4)5)21-12-17(24)11-20(16(21)3)23(30)26-14-22-25-13-15(2)27-22/h11-13,18-19H,6-10,14H2,1-5H3,(H,25,27)(H,26,30). The van der Waals surface area contributed by atoms with Gasteiger partial charge >= 0.3 is 0 Å². The molecule has 1 fully saturated rings. The SMILES string of the molecule is CCN(c1cc(Cl)cc(C(=O)NCc2ncc(C)[nH]2)c1C)C1CCC(N(C)C)CC1. The molecule has 0 saturated heterocycles. The average Bonchev–Trinajstić information content (AvgIpc) is 3.14. The molecular formula is C23H34ClN5O. The Kier molecular flexibility index (Phi) is 7.42. The fourth-order valence-electron chi connectivity index (χ4n) is 4.53. The van der Waals surface area contributed by atoms with Gasteiger partial charge < -0.3 is 20.1 Å². The molecule has 6 nitrogen and oxygen atoms in total. The molecule has 0 spiro atoms. The topological polar surface area (TPSA) is 64.3 Å². The summed E-state index contributed by atoms with van der Waals surface area (Å²) >= 11 is 6.46. The fourth-order valence-corrected chi connectivity index (χ4v) is 4.74. The lowest BCUT2D eigenvalue weighted by atomic mass is 9.89. The molecule has 1 aliphatic carbocycles. The van der Waals surface area contributed by atoms with Gasteiger partial charge in [-0.1, -0.05) is 11.6 Å². The van der Waals surface area contributed by atoms with E-state index in [4.69, 9.17) is 11.6 Å². The number of nitrogens with zero attached hydrogens (tertiary/aromatic N) is 3. The van der Waals surface area contributed by atoms with Crippen LogP contribution in [0.3, 0.4) is 0 Å². The lowest BCUT2D eigenvalue weighted by Gasteiger charge is -2.40. The summed E-state index contributed by atoms with van der Waals surface area (Å²) in [7, 11) is 4.33. The number of aromatic amines is 1. The molecule has 1 aliphatic rings. The van der Waals surface area contributed by atoms with Gasteiger partial charge in [-0.05, 0) is 78.2 Å². The van der Waals surface area contributed by atoms with Gasteiger partial charge in [0.05, 0.1) is 6.54 Å². The zero-order valence-electron chi connectivity index (χ0n) is 18.8. The number of carbonyl (C=O) groups is 1. The highest BCUT2D eigenvalue weighted by molar-refractivity contribution is 6.31. The molecule has 1 aromatic heterocycles. The Labute approximate surface area is 185 Å². The monoisotopic (exact) mass is 431 g/mol. The molecule has 0 atom stereocenters. The van der Waals surface area contributed by atoms with Crippen LogP contribution < -0.4 is 10.2 Å². The summed E-state index contributed by atoms with van der Waals surface area (Å²) < 4.78 is 0. The predicted molar refractivity (Wildman–Crippen MR) is 123 cm³/mol. The number of hydrogen-bond acceptors (Lipinski definition) is 4. The first kappa shape index (κ1) is 22.6. The van der Waals surface area contributed by atoms with E-state index in [-0.39, 0.29) is 5.91 Å². The number of carbonyl (C=O) groups excluding carboxylic acids is 1. The van der Waals surface area contributed by atoms with Crippen LogP contribution in [0.1, 0.15) is 60.0 Å². The summed E-state index contributed by atoms with van der Waals surface area (Å²) in [6, 6.07) is 4.91. The van der Waals surface area contributed by atoms with Crippen LogP contribution in [0, 0.1) is 13.8 Å². The number of hydrogen-bond donors (Lipinski definition) is 2. The van der Waals surface area contributed by atoms with Gasteiger partial charge in [0.2, 0.25) is 0 Å². The summed E-state index contributed by atoms with van der Waals surface area (Å²) in [6.07, 6.45) is 6.46. The van der Waals surface area contributed by atoms with E-state index in [1.54, 1.807) is 12.3 Å². The zero-order chi connectivity index (χ0) is 21.8. The molecule has 1 aromatic carbocycles. The smallest absolute Gasteiger partial charge is 0.252 e. The first-order valence-electron chi connectivity index (χ1n) is 10.8. The summed E-state index contributed by atoms with van der Waals surface area (Å²) in [6.45, 7) is 7.39. The van der Waals surface area contributed by atoms with Gasteiger partial charge in [0.15, 0.2) is 0 Å². The minimum atomic E-state index is -0.127. The maximum absolute atomic E-state index is 12.9. The Morgan fingerprint density at radius 1 is 1.20 bits per heavy atom. The van der Waals surface area contributed by atoms with Crippen molar-refractivity contribution < 1.29 is 4.79 Å². The van der Waals surface area contributed by atoms with Crippen LogP contribution in [0.2, 0.25) is 5.02 Å². The van der Waals surface area contributed by atoms with Crippen molar-refractivity contribution in [3.8, 4) is 0 Å². The Morgan fingerprint density at radius 2 is 1.87 bits per heavy atom. The van der Waals surface area contributed by atoms with Crippen LogP contribution in [0.4, 0.5) is 5.69 Å². The molecule has 1 heterocycles. The van der Waals surface area contributed by atoms with Crippen LogP contribution >= 0.6 is 11.6 Å². The summed E-state index contributed by atoms with van der Waals surface area (Å²) in [5.41, 5.74) is 3.64. The number of amides is 1. The predicted octanol–water partition coefficient (Wildman–Crippen LogP) is 4.31. The third kappa shape index (κ3) is 5.16. The molecule has 1 saturated carbocycles. The third-order valence-electron chi connectivity index (χ3n) is 6.25. The van der Waals surface area contributed by atoms with Crippen LogP contribution in [-0.4, -0.2) is 53.5 Å². The molecule has 0 unspecified atom stereocenters. The number of nitrogens with one attached hydrogen (secondary N) is 2. The van der Waals surface area contributed by atoms with E-state index in [0.717, 1.165) is 42.2 Å². The maximum atomic E-state index is 12.9. The van der Waals surface area contributed by atoms with Crippen molar-refractivity contribution in [3.05, 3.63) is 46.0 Å². The lowest BCUT2D eigenvalue weighted by Crippen LogP contribution is -2.42. The first-order valence-corrected chi connectivity index (χ1v) is 11.2. The number of benzene rings is 1. The molecule has 7 heteroatoms. The summed E-state index contributed by atoms with van der Waals surface area (Å²) in [5, 5.41) is 3.56. The fraction of sp³-hybridized carbons (Fsp3) is 0.565. The van der Waals surface area contributed by atoms with Crippen molar-refractivity contribution in [3.63, 3.8) is 0 Å². The second-order valence-electron chi connectivity index (χ2n) is 8.51. The van der Waals surface area contributed by atoms with E-state index in [1.165, 1.54) is 12.8 Å². The van der Waals surface area contributed by atoms with Crippen LogP contribution in [0.15, 0.2) is 18.3 Å². The van der Waals surface area contributed by atoms with Gasteiger partial charge in [-0.25, -0.2) is 4.98 Å². The van der Waals surface area contributed by atoms with E-state index in [1.807, 2.05) is 19.9 Å². The summed E-state index contributed by atoms with van der Waals surface area (Å²) in [5.74, 6) is 0.617. The molecule has 164 valence electrons. The van der Waals surface area contributed by atoms with Gasteiger partial charge in [-0.2, -0.15) is 0 Å². The van der Waals surface area contributed by atoms with Gasteiger partial charge in [-0.15, -0.1) is 0 Å². The summed E-state index contributed by atoms with van der Waals surface area (Å²) in [4.78, 5) is 25.1. The van der Waals surface area contributed by atoms with Gasteiger partial charge in [0.1, 0.15) is 5.82 Å². The van der Waals surface area contributed by atoms with E-state index < -0.39 is 0 Å². The lowest BCUT2D eigenvalue weighted by molar-refractivity contribution is 0.0949. The van der Waals surface area contributed by atoms with Crippen molar-refractivity contribution in [1.82, 2.24) is 20.2 Å². The minimum absolute atomic E-state index is 0.127. The minimum Gasteiger partial charge on any atom is -0.369 e. The van der Waals surface area contributed by atoms with Crippen molar-refractivity contribution >= 4 is 23.2 Å². The van der Waals surface area contributed by atoms with Gasteiger partial charge in [0.25, 0.3) is 5.91 Å². The van der Waals surface area contributed by atoms with Gasteiger partial charge in [0, 0.05) is 46.8 Å². The van der Waals surface area contributed by atoms with Crippen molar-refractivity contribution in [2.24, 2.45) is 0 Å². The van der Waals surface area contributed by atoms with Crippen molar-refractivity contribution in [2.75, 3.05) is 25.5 Å². The highest BCUT2D eigenvalue weighted by atomic mass is 35.5. The largest absolute Gasteiger partial charge is 0.369 e. The quantitative estimate of drug-likeness (QED) is 0.685. The first-order chi connectivity index (χ1) is 14.3. The van der Waals surface area contributed by atoms with E-state index in [0.29, 0.717) is 29.2 Å². The number of anilines is 1. The number of halogens is 1. The van der Waals surface area contributed by atoms with Crippen LogP contribution in [0.5, 0.6) is 0 Å². The number of rotatable bonds is 7. The molecular weight excluding hydrogens is 398 g/mol. The molecule has 3 rings (SSSR count). The molecule has 0 aliphatic heterocycles.